The van der Waals surface area contributed by atoms with Crippen LogP contribution >= 0.6 is 11.3 Å². The second-order valence-electron chi connectivity index (χ2n) is 15.7. The molecule has 4 aromatic carbocycles. The lowest BCUT2D eigenvalue weighted by atomic mass is 9.78. The molecule has 314 valence electrons. The fourth-order valence-electron chi connectivity index (χ4n) is 8.06. The molecule has 1 saturated carbocycles. The van der Waals surface area contributed by atoms with Gasteiger partial charge in [-0.25, -0.2) is 4.79 Å². The first kappa shape index (κ1) is 42.5. The molecular weight excluding hydrogens is 791 g/mol. The van der Waals surface area contributed by atoms with E-state index in [1.165, 1.54) is 11.3 Å². The molecule has 1 fully saturated rings. The zero-order chi connectivity index (χ0) is 42.7. The zero-order valence-corrected chi connectivity index (χ0v) is 34.4. The van der Waals surface area contributed by atoms with E-state index in [4.69, 9.17) is 0 Å². The van der Waals surface area contributed by atoms with E-state index in [1.54, 1.807) is 48.5 Å². The number of carbonyl (C=O) groups is 6. The molecule has 2 aliphatic heterocycles. The lowest BCUT2D eigenvalue weighted by Gasteiger charge is -2.31. The highest BCUT2D eigenvalue weighted by Crippen LogP contribution is 2.32. The van der Waals surface area contributed by atoms with Crippen LogP contribution in [0.3, 0.4) is 0 Å². The predicted molar refractivity (Wildman–Crippen MR) is 233 cm³/mol. The summed E-state index contributed by atoms with van der Waals surface area (Å²) in [4.78, 5) is 84.5. The van der Waals surface area contributed by atoms with Crippen LogP contribution in [0, 0.1) is 11.8 Å². The van der Waals surface area contributed by atoms with E-state index >= 15 is 0 Å². The van der Waals surface area contributed by atoms with Crippen LogP contribution in [0.1, 0.15) is 47.3 Å². The van der Waals surface area contributed by atoms with Crippen molar-refractivity contribution < 1.29 is 33.9 Å². The Morgan fingerprint density at radius 3 is 1.66 bits per heavy atom. The molecule has 13 heteroatoms. The van der Waals surface area contributed by atoms with Crippen LogP contribution in [0.5, 0.6) is 0 Å². The lowest BCUT2D eigenvalue weighted by Crippen LogP contribution is -2.59. The number of benzene rings is 4. The maximum Gasteiger partial charge on any atom is 0.326 e. The monoisotopic (exact) mass is 839 g/mol. The Hall–Kier alpha value is -6.60. The van der Waals surface area contributed by atoms with Crippen molar-refractivity contribution in [2.45, 2.75) is 75.5 Å². The second-order valence-corrected chi connectivity index (χ2v) is 16.7. The molecule has 5 amide bonds. The van der Waals surface area contributed by atoms with Gasteiger partial charge >= 0.3 is 5.97 Å². The van der Waals surface area contributed by atoms with Crippen molar-refractivity contribution in [1.82, 2.24) is 21.3 Å². The van der Waals surface area contributed by atoms with Crippen molar-refractivity contribution in [3.05, 3.63) is 148 Å². The maximum absolute atomic E-state index is 14.6. The molecule has 61 heavy (non-hydrogen) atoms. The molecule has 2 bridgehead atoms. The van der Waals surface area contributed by atoms with E-state index in [1.807, 2.05) is 78.2 Å². The molecule has 12 nitrogen and oxygen atoms in total. The van der Waals surface area contributed by atoms with Gasteiger partial charge in [0.1, 0.15) is 24.2 Å². The van der Waals surface area contributed by atoms with Gasteiger partial charge in [0.25, 0.3) is 0 Å². The van der Waals surface area contributed by atoms with Crippen LogP contribution in [0.4, 0.5) is 5.69 Å². The zero-order valence-electron chi connectivity index (χ0n) is 33.6. The second kappa shape index (κ2) is 20.1. The molecule has 6 atom stereocenters. The number of fused-ring (bicyclic) bond motifs is 15. The number of carboxylic acids is 1. The van der Waals surface area contributed by atoms with Crippen molar-refractivity contribution in [3.63, 3.8) is 0 Å². The number of hydrogen-bond donors (Lipinski definition) is 6. The molecule has 5 aromatic rings. The minimum atomic E-state index is -1.35. The Morgan fingerprint density at radius 1 is 0.541 bits per heavy atom. The summed E-state index contributed by atoms with van der Waals surface area (Å²) in [6.07, 6.45) is 2.58. The summed E-state index contributed by atoms with van der Waals surface area (Å²) in [7, 11) is 0. The quantitative estimate of drug-likeness (QED) is 0.112. The van der Waals surface area contributed by atoms with Gasteiger partial charge in [0.15, 0.2) is 0 Å². The number of aliphatic carboxylic acids is 1. The van der Waals surface area contributed by atoms with Crippen LogP contribution in [-0.4, -0.2) is 64.8 Å². The minimum absolute atomic E-state index is 0.0322. The molecule has 0 saturated heterocycles. The fourth-order valence-corrected chi connectivity index (χ4v) is 8.81. The van der Waals surface area contributed by atoms with Crippen molar-refractivity contribution in [3.8, 4) is 11.1 Å². The number of anilines is 1. The highest BCUT2D eigenvalue weighted by atomic mass is 32.1. The molecule has 0 spiro atoms. The van der Waals surface area contributed by atoms with Crippen molar-refractivity contribution >= 4 is 52.5 Å². The first-order valence-electron chi connectivity index (χ1n) is 20.6. The molecule has 1 aromatic heterocycles. The Morgan fingerprint density at radius 2 is 1.07 bits per heavy atom. The average Bonchev–Trinajstić information content (AvgIpc) is 3.80. The van der Waals surface area contributed by atoms with Gasteiger partial charge in [0.2, 0.25) is 29.5 Å². The molecular formula is C48H49N5O7S. The Kier molecular flexibility index (Phi) is 14.0. The molecule has 3 aliphatic rings. The molecule has 6 N–H and O–H groups in total. The average molecular weight is 840 g/mol. The Labute approximate surface area is 358 Å². The van der Waals surface area contributed by atoms with E-state index < -0.39 is 65.6 Å². The summed E-state index contributed by atoms with van der Waals surface area (Å²) in [6, 6.07) is 31.9. The standard InChI is InChI=1S/C48H49N5O7S/c54-43-37-15-7-8-16-38(37)44(55)50-41(29-36-14-9-25-61-36)47(58)52-40(27-31-17-21-34(22-18-31)33-12-5-2-6-13-33)45(56)51-39(26-30-10-3-1-4-11-30)46(57)53-42(48(59)60)28-32-19-23-35(49-43)24-20-32/h1-6,9-14,17-25,37-42H,7-8,15-16,26-29H2,(H,49,54)(H,50,55)(H,51,56)(H,52,58)(H,53,57)(H,59,60)/t37-,38+,39-,40+,41-,42+/m1/s1. The van der Waals surface area contributed by atoms with Crippen LogP contribution in [0.2, 0.25) is 0 Å². The Bertz CT molecular complexity index is 2300. The largest absolute Gasteiger partial charge is 0.480 e. The first-order valence-corrected chi connectivity index (χ1v) is 21.5. The predicted octanol–water partition coefficient (Wildman–Crippen LogP) is 5.47. The number of thiophene rings is 1. The van der Waals surface area contributed by atoms with Crippen molar-refractivity contribution in [2.75, 3.05) is 5.32 Å². The van der Waals surface area contributed by atoms with Gasteiger partial charge in [0.05, 0.1) is 0 Å². The van der Waals surface area contributed by atoms with Crippen LogP contribution in [0.25, 0.3) is 11.1 Å². The van der Waals surface area contributed by atoms with Crippen molar-refractivity contribution in [2.24, 2.45) is 11.8 Å². The highest BCUT2D eigenvalue weighted by molar-refractivity contribution is 7.09. The number of nitrogens with one attached hydrogen (secondary N) is 5. The molecule has 0 radical (unpaired) electrons. The molecule has 1 aliphatic carbocycles. The first-order chi connectivity index (χ1) is 29.6. The summed E-state index contributed by atoms with van der Waals surface area (Å²) < 4.78 is 0. The minimum Gasteiger partial charge on any atom is -0.480 e. The number of amides is 5. The van der Waals surface area contributed by atoms with Gasteiger partial charge < -0.3 is 31.7 Å². The van der Waals surface area contributed by atoms with E-state index in [2.05, 4.69) is 26.6 Å². The van der Waals surface area contributed by atoms with Crippen molar-refractivity contribution in [1.29, 1.82) is 0 Å². The normalized spacial score (nSPS) is 22.9. The van der Waals surface area contributed by atoms with Crippen LogP contribution in [0.15, 0.2) is 127 Å². The number of hydrogen-bond acceptors (Lipinski definition) is 7. The third-order valence-electron chi connectivity index (χ3n) is 11.4. The number of carboxylic acid groups (broad SMARTS) is 1. The van der Waals surface area contributed by atoms with Crippen LogP contribution in [-0.2, 0) is 54.5 Å². The third-order valence-corrected chi connectivity index (χ3v) is 12.3. The Balaban J connectivity index is 1.25. The summed E-state index contributed by atoms with van der Waals surface area (Å²) in [5, 5.41) is 26.4. The van der Waals surface area contributed by atoms with Crippen LogP contribution < -0.4 is 26.6 Å². The number of rotatable bonds is 8. The summed E-state index contributed by atoms with van der Waals surface area (Å²) in [5.74, 6) is -5.37. The van der Waals surface area contributed by atoms with Gasteiger partial charge in [-0.3, -0.25) is 24.0 Å². The molecule has 3 heterocycles. The van der Waals surface area contributed by atoms with Gasteiger partial charge in [-0.05, 0) is 64.2 Å². The fraction of sp³-hybridized carbons (Fsp3) is 0.292. The molecule has 0 unspecified atom stereocenters. The molecule has 8 rings (SSSR count). The topological polar surface area (TPSA) is 183 Å². The lowest BCUT2D eigenvalue weighted by molar-refractivity contribution is -0.142. The van der Waals surface area contributed by atoms with E-state index in [0.29, 0.717) is 24.1 Å². The summed E-state index contributed by atoms with van der Waals surface area (Å²) in [5.41, 5.74) is 4.47. The van der Waals surface area contributed by atoms with Gasteiger partial charge in [-0.2, -0.15) is 0 Å². The summed E-state index contributed by atoms with van der Waals surface area (Å²) >= 11 is 1.43. The van der Waals surface area contributed by atoms with Gasteiger partial charge in [-0.1, -0.05) is 116 Å². The smallest absolute Gasteiger partial charge is 0.326 e. The SMILES string of the molecule is O=C(O)[C@@H]1Cc2ccc(cc2)NC(=O)[C@@H]2CCCC[C@@H]2C(=O)N[C@H](Cc2cccs2)C(=O)N[C@@H](Cc2ccc(-c3ccccc3)cc2)C(=O)N[C@H](Cc2ccccc2)C(=O)N1. The van der Waals surface area contributed by atoms with Gasteiger partial charge in [0, 0.05) is 48.1 Å². The third kappa shape index (κ3) is 11.4. The van der Waals surface area contributed by atoms with Gasteiger partial charge in [-0.15, -0.1) is 11.3 Å². The van der Waals surface area contributed by atoms with E-state index in [-0.39, 0.29) is 31.6 Å². The van der Waals surface area contributed by atoms with E-state index in [9.17, 15) is 33.9 Å². The highest BCUT2D eigenvalue weighted by Gasteiger charge is 2.38. The summed E-state index contributed by atoms with van der Waals surface area (Å²) in [6.45, 7) is 0. The van der Waals surface area contributed by atoms with E-state index in [0.717, 1.165) is 40.0 Å². The number of carbonyl (C=O) groups excluding carboxylic acids is 5. The maximum atomic E-state index is 14.6.